The molecule has 7 nitrogen and oxygen atoms in total. The molecule has 1 aromatic carbocycles. The predicted molar refractivity (Wildman–Crippen MR) is 95.1 cm³/mol. The molecule has 26 heavy (non-hydrogen) atoms. The van der Waals surface area contributed by atoms with Crippen LogP contribution >= 0.6 is 15.9 Å². The molecule has 0 aliphatic heterocycles. The SMILES string of the molecule is CC(C)n1c(S(C)(=O)=O)nc(OCc2ccc(F)cc2C#N)c(Br)c1=O. The molecule has 0 unspecified atom stereocenters. The predicted octanol–water partition coefficient (Wildman–Crippen LogP) is 2.58. The molecule has 10 heteroatoms. The zero-order chi connectivity index (χ0) is 19.6. The summed E-state index contributed by atoms with van der Waals surface area (Å²) in [5.41, 5.74) is -0.165. The van der Waals surface area contributed by atoms with Gasteiger partial charge in [-0.3, -0.25) is 9.36 Å². The van der Waals surface area contributed by atoms with Gasteiger partial charge in [-0.25, -0.2) is 12.8 Å². The van der Waals surface area contributed by atoms with Crippen LogP contribution in [0.2, 0.25) is 0 Å². The van der Waals surface area contributed by atoms with E-state index in [0.29, 0.717) is 5.56 Å². The normalized spacial score (nSPS) is 11.4. The van der Waals surface area contributed by atoms with Crippen molar-refractivity contribution < 1.29 is 17.5 Å². The summed E-state index contributed by atoms with van der Waals surface area (Å²) in [6.07, 6.45) is 0.944. The maximum atomic E-state index is 13.2. The molecule has 0 saturated heterocycles. The summed E-state index contributed by atoms with van der Waals surface area (Å²) >= 11 is 3.08. The molecular weight excluding hydrogens is 429 g/mol. The van der Waals surface area contributed by atoms with Gasteiger partial charge in [0, 0.05) is 17.9 Å². The molecule has 2 rings (SSSR count). The van der Waals surface area contributed by atoms with E-state index in [1.54, 1.807) is 13.8 Å². The molecule has 0 amide bonds. The second-order valence-electron chi connectivity index (χ2n) is 5.76. The fourth-order valence-corrected chi connectivity index (χ4v) is 3.51. The zero-order valence-corrected chi connectivity index (χ0v) is 16.6. The van der Waals surface area contributed by atoms with Crippen molar-refractivity contribution in [2.45, 2.75) is 31.7 Å². The van der Waals surface area contributed by atoms with Crippen LogP contribution in [0.1, 0.15) is 31.0 Å². The molecule has 0 aliphatic carbocycles. The quantitative estimate of drug-likeness (QED) is 0.657. The van der Waals surface area contributed by atoms with Gasteiger partial charge in [0.25, 0.3) is 5.56 Å². The van der Waals surface area contributed by atoms with E-state index in [9.17, 15) is 17.6 Å². The van der Waals surface area contributed by atoms with Crippen LogP contribution in [-0.4, -0.2) is 24.2 Å². The van der Waals surface area contributed by atoms with E-state index in [-0.39, 0.29) is 22.5 Å². The summed E-state index contributed by atoms with van der Waals surface area (Å²) in [5.74, 6) is -0.788. The number of hydrogen-bond donors (Lipinski definition) is 0. The molecule has 0 bridgehead atoms. The van der Waals surface area contributed by atoms with Gasteiger partial charge in [0.2, 0.25) is 20.9 Å². The zero-order valence-electron chi connectivity index (χ0n) is 14.2. The minimum atomic E-state index is -3.79. The first kappa shape index (κ1) is 20.1. The van der Waals surface area contributed by atoms with Crippen LogP contribution in [0.25, 0.3) is 0 Å². The first-order valence-corrected chi connectivity index (χ1v) is 10.1. The third kappa shape index (κ3) is 4.11. The molecule has 138 valence electrons. The lowest BCUT2D eigenvalue weighted by molar-refractivity contribution is 0.282. The van der Waals surface area contributed by atoms with Crippen molar-refractivity contribution in [3.8, 4) is 11.9 Å². The average molecular weight is 444 g/mol. The van der Waals surface area contributed by atoms with E-state index in [1.165, 1.54) is 12.1 Å². The summed E-state index contributed by atoms with van der Waals surface area (Å²) in [6, 6.07) is 5.00. The van der Waals surface area contributed by atoms with Crippen molar-refractivity contribution in [1.82, 2.24) is 9.55 Å². The van der Waals surface area contributed by atoms with E-state index < -0.39 is 32.4 Å². The van der Waals surface area contributed by atoms with Gasteiger partial charge in [-0.1, -0.05) is 6.07 Å². The van der Waals surface area contributed by atoms with Gasteiger partial charge in [0.15, 0.2) is 0 Å². The minimum Gasteiger partial charge on any atom is -0.472 e. The number of nitriles is 1. The van der Waals surface area contributed by atoms with Gasteiger partial charge in [-0.15, -0.1) is 0 Å². The third-order valence-electron chi connectivity index (χ3n) is 3.40. The highest BCUT2D eigenvalue weighted by Gasteiger charge is 2.24. The first-order valence-electron chi connectivity index (χ1n) is 7.39. The Morgan fingerprint density at radius 1 is 1.42 bits per heavy atom. The Kier molecular flexibility index (Phi) is 5.83. The third-order valence-corrected chi connectivity index (χ3v) is 5.03. The largest absolute Gasteiger partial charge is 0.472 e. The standard InChI is InChI=1S/C16H15BrFN3O4S/c1-9(2)21-15(22)13(17)14(20-16(21)26(3,23)24)25-8-10-4-5-12(18)6-11(10)7-19/h4-6,9H,8H2,1-3H3. The second-order valence-corrected chi connectivity index (χ2v) is 8.46. The summed E-state index contributed by atoms with van der Waals surface area (Å²) in [4.78, 5) is 16.5. The van der Waals surface area contributed by atoms with Crippen molar-refractivity contribution in [3.63, 3.8) is 0 Å². The highest BCUT2D eigenvalue weighted by Crippen LogP contribution is 2.24. The number of sulfone groups is 1. The molecule has 1 aromatic heterocycles. The lowest BCUT2D eigenvalue weighted by Gasteiger charge is -2.17. The van der Waals surface area contributed by atoms with E-state index in [1.807, 2.05) is 6.07 Å². The Balaban J connectivity index is 2.51. The molecule has 1 heterocycles. The Bertz CT molecular complexity index is 1060. The van der Waals surface area contributed by atoms with Crippen molar-refractivity contribution in [2.75, 3.05) is 6.26 Å². The van der Waals surface area contributed by atoms with E-state index >= 15 is 0 Å². The van der Waals surface area contributed by atoms with Crippen molar-refractivity contribution >= 4 is 25.8 Å². The number of halogens is 2. The first-order chi connectivity index (χ1) is 12.1. The number of hydrogen-bond acceptors (Lipinski definition) is 6. The number of benzene rings is 1. The van der Waals surface area contributed by atoms with E-state index in [4.69, 9.17) is 10.00 Å². The lowest BCUT2D eigenvalue weighted by atomic mass is 10.1. The maximum absolute atomic E-state index is 13.2. The van der Waals surface area contributed by atoms with Gasteiger partial charge < -0.3 is 4.74 Å². The number of nitrogens with zero attached hydrogens (tertiary/aromatic N) is 3. The Morgan fingerprint density at radius 2 is 2.08 bits per heavy atom. The van der Waals surface area contributed by atoms with Gasteiger partial charge in [0.05, 0.1) is 11.6 Å². The van der Waals surface area contributed by atoms with Gasteiger partial charge in [-0.2, -0.15) is 10.2 Å². The highest BCUT2D eigenvalue weighted by molar-refractivity contribution is 9.10. The van der Waals surface area contributed by atoms with Crippen LogP contribution in [0.15, 0.2) is 32.6 Å². The van der Waals surface area contributed by atoms with Crippen LogP contribution in [0.4, 0.5) is 4.39 Å². The smallest absolute Gasteiger partial charge is 0.272 e. The molecular formula is C16H15BrFN3O4S. The Hall–Kier alpha value is -2.25. The van der Waals surface area contributed by atoms with Gasteiger partial charge >= 0.3 is 0 Å². The van der Waals surface area contributed by atoms with E-state index in [2.05, 4.69) is 20.9 Å². The highest BCUT2D eigenvalue weighted by atomic mass is 79.9. The molecule has 0 radical (unpaired) electrons. The van der Waals surface area contributed by atoms with Crippen molar-refractivity contribution in [1.29, 1.82) is 5.26 Å². The Labute approximate surface area is 158 Å². The fourth-order valence-electron chi connectivity index (χ4n) is 2.21. The van der Waals surface area contributed by atoms with Gasteiger partial charge in [-0.05, 0) is 41.9 Å². The summed E-state index contributed by atoms with van der Waals surface area (Å²) in [6.45, 7) is 3.12. The molecule has 2 aromatic rings. The van der Waals surface area contributed by atoms with Crippen LogP contribution in [0.5, 0.6) is 5.88 Å². The van der Waals surface area contributed by atoms with Crippen LogP contribution in [0, 0.1) is 17.1 Å². The molecule has 0 saturated carbocycles. The molecule has 0 fully saturated rings. The number of aromatic nitrogens is 2. The summed E-state index contributed by atoms with van der Waals surface area (Å²) < 4.78 is 43.7. The number of rotatable bonds is 5. The monoisotopic (exact) mass is 443 g/mol. The topological polar surface area (TPSA) is 102 Å². The maximum Gasteiger partial charge on any atom is 0.272 e. The second kappa shape index (κ2) is 7.55. The lowest BCUT2D eigenvalue weighted by Crippen LogP contribution is -2.29. The van der Waals surface area contributed by atoms with Crippen LogP contribution < -0.4 is 10.3 Å². The molecule has 0 aliphatic rings. The van der Waals surface area contributed by atoms with Crippen LogP contribution in [-0.2, 0) is 16.4 Å². The van der Waals surface area contributed by atoms with Gasteiger partial charge in [0.1, 0.15) is 16.9 Å². The molecule has 0 spiro atoms. The van der Waals surface area contributed by atoms with Crippen LogP contribution in [0.3, 0.4) is 0 Å². The minimum absolute atomic E-state index is 0.0424. The molecule has 0 atom stereocenters. The summed E-state index contributed by atoms with van der Waals surface area (Å²) in [7, 11) is -3.79. The average Bonchev–Trinajstić information content (AvgIpc) is 2.55. The Morgan fingerprint density at radius 3 is 2.62 bits per heavy atom. The molecule has 0 N–H and O–H groups in total. The van der Waals surface area contributed by atoms with Crippen molar-refractivity contribution in [3.05, 3.63) is 50.0 Å². The van der Waals surface area contributed by atoms with Crippen molar-refractivity contribution in [2.24, 2.45) is 0 Å². The van der Waals surface area contributed by atoms with E-state index in [0.717, 1.165) is 16.9 Å². The summed E-state index contributed by atoms with van der Waals surface area (Å²) in [5, 5.41) is 8.64. The fraction of sp³-hybridized carbons (Fsp3) is 0.312. The number of ether oxygens (including phenoxy) is 1.